The van der Waals surface area contributed by atoms with Gasteiger partial charge in [0.05, 0.1) is 5.69 Å². The lowest BCUT2D eigenvalue weighted by Gasteiger charge is -2.11. The summed E-state index contributed by atoms with van der Waals surface area (Å²) < 4.78 is 2.77. The van der Waals surface area contributed by atoms with Gasteiger partial charge in [-0.3, -0.25) is 4.79 Å². The number of benzene rings is 1. The minimum absolute atomic E-state index is 0.0981. The quantitative estimate of drug-likeness (QED) is 0.900. The molecule has 1 amide bonds. The predicted octanol–water partition coefficient (Wildman–Crippen LogP) is 2.45. The summed E-state index contributed by atoms with van der Waals surface area (Å²) in [5, 5.41) is 7.70. The van der Waals surface area contributed by atoms with Crippen LogP contribution in [-0.4, -0.2) is 41.2 Å². The Balaban J connectivity index is 2.35. The average Bonchev–Trinajstić information content (AvgIpc) is 2.93. The van der Waals surface area contributed by atoms with Gasteiger partial charge >= 0.3 is 0 Å². The Morgan fingerprint density at radius 3 is 2.81 bits per heavy atom. The van der Waals surface area contributed by atoms with Crippen molar-refractivity contribution in [2.75, 3.05) is 20.6 Å². The molecule has 1 aromatic carbocycles. The first-order chi connectivity index (χ1) is 10.0. The first kappa shape index (κ1) is 15.7. The molecule has 0 saturated carbocycles. The molecule has 112 valence electrons. The van der Waals surface area contributed by atoms with Crippen LogP contribution in [-0.2, 0) is 6.54 Å². The van der Waals surface area contributed by atoms with E-state index in [4.69, 9.17) is 0 Å². The lowest BCUT2D eigenvalue weighted by molar-refractivity contribution is 0.0821. The van der Waals surface area contributed by atoms with Gasteiger partial charge in [0, 0.05) is 31.3 Å². The number of aromatic nitrogens is 2. The van der Waals surface area contributed by atoms with Crippen LogP contribution in [0.25, 0.3) is 5.69 Å². The fourth-order valence-electron chi connectivity index (χ4n) is 1.98. The number of amides is 1. The molecule has 21 heavy (non-hydrogen) atoms. The highest BCUT2D eigenvalue weighted by molar-refractivity contribution is 9.10. The molecule has 0 radical (unpaired) electrons. The number of hydrogen-bond acceptors (Lipinski definition) is 3. The molecule has 0 saturated heterocycles. The van der Waals surface area contributed by atoms with Crippen LogP contribution in [0.2, 0.25) is 0 Å². The summed E-state index contributed by atoms with van der Waals surface area (Å²) in [7, 11) is 3.44. The Hall–Kier alpha value is -1.66. The molecule has 2 aromatic rings. The van der Waals surface area contributed by atoms with Gasteiger partial charge < -0.3 is 10.2 Å². The van der Waals surface area contributed by atoms with Crippen LogP contribution in [0.15, 0.2) is 34.9 Å². The fraction of sp³-hybridized carbons (Fsp3) is 0.333. The molecule has 6 heteroatoms. The maximum absolute atomic E-state index is 11.9. The van der Waals surface area contributed by atoms with Crippen LogP contribution in [0.3, 0.4) is 0 Å². The molecule has 0 fully saturated rings. The zero-order valence-electron chi connectivity index (χ0n) is 12.4. The Morgan fingerprint density at radius 1 is 1.38 bits per heavy atom. The Bertz CT molecular complexity index is 636. The highest BCUT2D eigenvalue weighted by atomic mass is 79.9. The van der Waals surface area contributed by atoms with Crippen molar-refractivity contribution in [3.05, 3.63) is 46.2 Å². The molecule has 0 aliphatic heterocycles. The van der Waals surface area contributed by atoms with E-state index in [0.717, 1.165) is 28.8 Å². The van der Waals surface area contributed by atoms with Crippen LogP contribution in [0.5, 0.6) is 0 Å². The van der Waals surface area contributed by atoms with Crippen LogP contribution < -0.4 is 5.32 Å². The molecular formula is C15H19BrN4O. The highest BCUT2D eigenvalue weighted by Gasteiger charge is 2.13. The van der Waals surface area contributed by atoms with Crippen LogP contribution >= 0.6 is 15.9 Å². The van der Waals surface area contributed by atoms with Crippen molar-refractivity contribution in [2.24, 2.45) is 0 Å². The largest absolute Gasteiger partial charge is 0.343 e. The molecule has 1 heterocycles. The number of rotatable bonds is 5. The second-order valence-corrected chi connectivity index (χ2v) is 5.81. The van der Waals surface area contributed by atoms with Gasteiger partial charge in [0.1, 0.15) is 0 Å². The van der Waals surface area contributed by atoms with Gasteiger partial charge in [-0.1, -0.05) is 22.9 Å². The maximum atomic E-state index is 11.9. The van der Waals surface area contributed by atoms with Crippen molar-refractivity contribution in [1.82, 2.24) is 20.0 Å². The summed E-state index contributed by atoms with van der Waals surface area (Å²) in [6.45, 7) is 3.72. The molecule has 0 spiro atoms. The molecule has 0 bridgehead atoms. The summed E-state index contributed by atoms with van der Waals surface area (Å²) in [6, 6.07) is 7.77. The van der Waals surface area contributed by atoms with Gasteiger partial charge in [-0.15, -0.1) is 0 Å². The average molecular weight is 351 g/mol. The molecule has 0 aliphatic rings. The first-order valence-corrected chi connectivity index (χ1v) is 7.59. The number of nitrogens with zero attached hydrogens (tertiary/aromatic N) is 3. The Labute approximate surface area is 133 Å². The zero-order chi connectivity index (χ0) is 15.4. The minimum Gasteiger partial charge on any atom is -0.343 e. The minimum atomic E-state index is -0.0981. The number of hydrogen-bond donors (Lipinski definition) is 1. The topological polar surface area (TPSA) is 50.2 Å². The number of carbonyl (C=O) groups is 1. The monoisotopic (exact) mass is 350 g/mol. The molecular weight excluding hydrogens is 332 g/mol. The first-order valence-electron chi connectivity index (χ1n) is 6.79. The normalized spacial score (nSPS) is 10.7. The van der Waals surface area contributed by atoms with Crippen molar-refractivity contribution in [1.29, 1.82) is 0 Å². The standard InChI is InChI=1S/C15H19BrN4O/c1-4-17-10-11-9-12(16)5-6-14(11)20-8-7-13(18-20)15(21)19(2)3/h5-9,17H,4,10H2,1-3H3. The Kier molecular flexibility index (Phi) is 5.14. The second kappa shape index (κ2) is 6.87. The SMILES string of the molecule is CCNCc1cc(Br)ccc1-n1ccc(C(=O)N(C)C)n1. The third kappa shape index (κ3) is 3.71. The summed E-state index contributed by atoms with van der Waals surface area (Å²) in [5.41, 5.74) is 2.53. The van der Waals surface area contributed by atoms with E-state index < -0.39 is 0 Å². The van der Waals surface area contributed by atoms with Gasteiger partial charge in [-0.05, 0) is 36.4 Å². The molecule has 5 nitrogen and oxygen atoms in total. The molecule has 0 atom stereocenters. The van der Waals surface area contributed by atoms with Crippen molar-refractivity contribution in [2.45, 2.75) is 13.5 Å². The lowest BCUT2D eigenvalue weighted by atomic mass is 10.2. The summed E-state index contributed by atoms with van der Waals surface area (Å²) in [4.78, 5) is 13.5. The summed E-state index contributed by atoms with van der Waals surface area (Å²) in [5.74, 6) is -0.0981. The Morgan fingerprint density at radius 2 is 2.14 bits per heavy atom. The third-order valence-corrected chi connectivity index (χ3v) is 3.56. The third-order valence-electron chi connectivity index (χ3n) is 3.07. The van der Waals surface area contributed by atoms with Crippen LogP contribution in [0.1, 0.15) is 23.0 Å². The highest BCUT2D eigenvalue weighted by Crippen LogP contribution is 2.20. The van der Waals surface area contributed by atoms with Gasteiger partial charge in [0.25, 0.3) is 5.91 Å². The lowest BCUT2D eigenvalue weighted by Crippen LogP contribution is -2.22. The summed E-state index contributed by atoms with van der Waals surface area (Å²) in [6.07, 6.45) is 1.81. The zero-order valence-corrected chi connectivity index (χ0v) is 14.0. The van der Waals surface area contributed by atoms with E-state index in [1.807, 2.05) is 18.3 Å². The van der Waals surface area contributed by atoms with Crippen molar-refractivity contribution in [3.8, 4) is 5.69 Å². The molecule has 1 aromatic heterocycles. The number of nitrogens with one attached hydrogen (secondary N) is 1. The fourth-order valence-corrected chi connectivity index (χ4v) is 2.39. The molecule has 1 N–H and O–H groups in total. The molecule has 0 aliphatic carbocycles. The predicted molar refractivity (Wildman–Crippen MR) is 86.7 cm³/mol. The van der Waals surface area contributed by atoms with E-state index >= 15 is 0 Å². The smallest absolute Gasteiger partial charge is 0.273 e. The van der Waals surface area contributed by atoms with Crippen LogP contribution in [0.4, 0.5) is 0 Å². The number of halogens is 1. The summed E-state index contributed by atoms with van der Waals surface area (Å²) >= 11 is 3.49. The molecule has 0 unspecified atom stereocenters. The van der Waals surface area contributed by atoms with Gasteiger partial charge in [-0.25, -0.2) is 4.68 Å². The second-order valence-electron chi connectivity index (χ2n) is 4.90. The van der Waals surface area contributed by atoms with E-state index in [-0.39, 0.29) is 5.91 Å². The number of carbonyl (C=O) groups excluding carboxylic acids is 1. The van der Waals surface area contributed by atoms with E-state index in [2.05, 4.69) is 39.3 Å². The van der Waals surface area contributed by atoms with E-state index in [1.165, 1.54) is 4.90 Å². The molecule has 2 rings (SSSR count). The van der Waals surface area contributed by atoms with E-state index in [0.29, 0.717) is 5.69 Å². The van der Waals surface area contributed by atoms with Crippen molar-refractivity contribution in [3.63, 3.8) is 0 Å². The van der Waals surface area contributed by atoms with Crippen LogP contribution in [0, 0.1) is 0 Å². The van der Waals surface area contributed by atoms with Gasteiger partial charge in [0.15, 0.2) is 5.69 Å². The van der Waals surface area contributed by atoms with E-state index in [1.54, 1.807) is 24.8 Å². The maximum Gasteiger partial charge on any atom is 0.273 e. The van der Waals surface area contributed by atoms with Gasteiger partial charge in [-0.2, -0.15) is 5.10 Å². The van der Waals surface area contributed by atoms with E-state index in [9.17, 15) is 4.79 Å². The van der Waals surface area contributed by atoms with Crippen molar-refractivity contribution < 1.29 is 4.79 Å². The van der Waals surface area contributed by atoms with Gasteiger partial charge in [0.2, 0.25) is 0 Å². The van der Waals surface area contributed by atoms with Crippen molar-refractivity contribution >= 4 is 21.8 Å².